The van der Waals surface area contributed by atoms with E-state index in [2.05, 4.69) is 20.4 Å². The first-order valence-corrected chi connectivity index (χ1v) is 10.2. The molecule has 156 valence electrons. The smallest absolute Gasteiger partial charge is 0.236 e. The van der Waals surface area contributed by atoms with Gasteiger partial charge in [-0.2, -0.15) is 0 Å². The van der Waals surface area contributed by atoms with E-state index in [4.69, 9.17) is 4.74 Å². The van der Waals surface area contributed by atoms with E-state index in [0.29, 0.717) is 45.1 Å². The van der Waals surface area contributed by atoms with Gasteiger partial charge in [-0.25, -0.2) is 0 Å². The zero-order chi connectivity index (χ0) is 19.9. The Morgan fingerprint density at radius 3 is 2.57 bits per heavy atom. The summed E-state index contributed by atoms with van der Waals surface area (Å²) in [7, 11) is 0. The summed E-state index contributed by atoms with van der Waals surface area (Å²) in [4.78, 5) is 28.9. The maximum absolute atomic E-state index is 12.7. The van der Waals surface area contributed by atoms with Crippen LogP contribution in [-0.2, 0) is 20.9 Å². The van der Waals surface area contributed by atoms with Gasteiger partial charge >= 0.3 is 0 Å². The number of carbonyl (C=O) groups excluding carboxylic acids is 2. The Labute approximate surface area is 166 Å². The fraction of sp³-hybridized carbons (Fsp3) is 0.789. The van der Waals surface area contributed by atoms with Gasteiger partial charge in [0.1, 0.15) is 12.7 Å². The summed E-state index contributed by atoms with van der Waals surface area (Å²) in [6, 6.07) is 0. The van der Waals surface area contributed by atoms with Gasteiger partial charge < -0.3 is 19.5 Å². The first kappa shape index (κ1) is 20.7. The molecule has 1 N–H and O–H groups in total. The van der Waals surface area contributed by atoms with Crippen molar-refractivity contribution in [1.29, 1.82) is 0 Å². The lowest BCUT2D eigenvalue weighted by Crippen LogP contribution is -2.52. The van der Waals surface area contributed by atoms with Crippen LogP contribution >= 0.6 is 0 Å². The Morgan fingerprint density at radius 1 is 1.14 bits per heavy atom. The molecular weight excluding hydrogens is 360 g/mol. The minimum Gasteiger partial charge on any atom is -0.372 e. The maximum atomic E-state index is 12.7. The Hall–Kier alpha value is -2.00. The van der Waals surface area contributed by atoms with Gasteiger partial charge in [0, 0.05) is 39.1 Å². The van der Waals surface area contributed by atoms with Crippen molar-refractivity contribution < 1.29 is 14.3 Å². The molecule has 3 rings (SSSR count). The van der Waals surface area contributed by atoms with E-state index in [1.165, 1.54) is 0 Å². The largest absolute Gasteiger partial charge is 0.372 e. The summed E-state index contributed by atoms with van der Waals surface area (Å²) in [5.41, 5.74) is 0. The van der Waals surface area contributed by atoms with Crippen molar-refractivity contribution in [2.75, 3.05) is 39.3 Å². The van der Waals surface area contributed by atoms with Crippen LogP contribution in [0, 0.1) is 5.92 Å². The van der Waals surface area contributed by atoms with Crippen molar-refractivity contribution in [3.8, 4) is 0 Å². The standard InChI is InChI=1S/C19H32N6O3/c1-15-9-25(10-16(2)28-15)19(27)12-23-6-3-4-17(11-23)8-20-18(26)5-7-24-13-21-22-14-24/h13-17H,3-12H2,1-2H3,(H,20,26)/t15-,16+,17?. The number of likely N-dealkylation sites (tertiary alicyclic amines) is 1. The van der Waals surface area contributed by atoms with Crippen molar-refractivity contribution in [2.24, 2.45) is 5.92 Å². The van der Waals surface area contributed by atoms with Crippen LogP contribution in [0.25, 0.3) is 0 Å². The molecule has 1 aromatic rings. The van der Waals surface area contributed by atoms with Gasteiger partial charge in [0.25, 0.3) is 0 Å². The van der Waals surface area contributed by atoms with Crippen LogP contribution in [0.1, 0.15) is 33.1 Å². The number of hydrogen-bond acceptors (Lipinski definition) is 6. The number of morpholine rings is 1. The maximum Gasteiger partial charge on any atom is 0.236 e. The van der Waals surface area contributed by atoms with Gasteiger partial charge in [-0.05, 0) is 39.2 Å². The van der Waals surface area contributed by atoms with Crippen LogP contribution in [0.15, 0.2) is 12.7 Å². The number of carbonyl (C=O) groups is 2. The Bertz CT molecular complexity index is 628. The third-order valence-electron chi connectivity index (χ3n) is 5.39. The van der Waals surface area contributed by atoms with E-state index in [1.54, 1.807) is 17.2 Å². The number of aryl methyl sites for hydroxylation is 1. The highest BCUT2D eigenvalue weighted by atomic mass is 16.5. The minimum atomic E-state index is 0.0400. The zero-order valence-electron chi connectivity index (χ0n) is 16.9. The van der Waals surface area contributed by atoms with Crippen molar-refractivity contribution in [2.45, 2.75) is 51.9 Å². The molecular formula is C19H32N6O3. The fourth-order valence-electron chi connectivity index (χ4n) is 4.05. The predicted octanol–water partition coefficient (Wildman–Crippen LogP) is 0.132. The number of amides is 2. The van der Waals surface area contributed by atoms with Crippen molar-refractivity contribution in [1.82, 2.24) is 29.9 Å². The third-order valence-corrected chi connectivity index (χ3v) is 5.39. The normalized spacial score (nSPS) is 26.2. The van der Waals surface area contributed by atoms with E-state index in [1.807, 2.05) is 18.7 Å². The van der Waals surface area contributed by atoms with Crippen molar-refractivity contribution in [3.05, 3.63) is 12.7 Å². The summed E-state index contributed by atoms with van der Waals surface area (Å²) in [5, 5.41) is 10.5. The zero-order valence-corrected chi connectivity index (χ0v) is 16.9. The van der Waals surface area contributed by atoms with Crippen LogP contribution in [-0.4, -0.2) is 87.9 Å². The summed E-state index contributed by atoms with van der Waals surface area (Å²) in [6.07, 6.45) is 5.97. The molecule has 2 amide bonds. The van der Waals surface area contributed by atoms with E-state index in [-0.39, 0.29) is 24.0 Å². The van der Waals surface area contributed by atoms with Gasteiger partial charge in [0.15, 0.2) is 0 Å². The van der Waals surface area contributed by atoms with Crippen molar-refractivity contribution in [3.63, 3.8) is 0 Å². The lowest BCUT2D eigenvalue weighted by atomic mass is 9.98. The molecule has 3 atom stereocenters. The molecule has 0 aliphatic carbocycles. The topological polar surface area (TPSA) is 92.6 Å². The molecule has 2 saturated heterocycles. The lowest BCUT2D eigenvalue weighted by Gasteiger charge is -2.38. The van der Waals surface area contributed by atoms with Crippen LogP contribution in [0.3, 0.4) is 0 Å². The van der Waals surface area contributed by atoms with Gasteiger partial charge in [0.05, 0.1) is 18.8 Å². The van der Waals surface area contributed by atoms with Gasteiger partial charge in [-0.15, -0.1) is 10.2 Å². The molecule has 2 aliphatic rings. The molecule has 0 spiro atoms. The van der Waals surface area contributed by atoms with Crippen LogP contribution in [0.4, 0.5) is 0 Å². The predicted molar refractivity (Wildman–Crippen MR) is 103 cm³/mol. The summed E-state index contributed by atoms with van der Waals surface area (Å²) < 4.78 is 7.51. The van der Waals surface area contributed by atoms with Gasteiger partial charge in [-0.3, -0.25) is 14.5 Å². The molecule has 9 heteroatoms. The quantitative estimate of drug-likeness (QED) is 0.709. The van der Waals surface area contributed by atoms with Crippen LogP contribution in [0.2, 0.25) is 0 Å². The van der Waals surface area contributed by atoms with Gasteiger partial charge in [-0.1, -0.05) is 0 Å². The van der Waals surface area contributed by atoms with E-state index >= 15 is 0 Å². The molecule has 1 unspecified atom stereocenters. The molecule has 0 bridgehead atoms. The first-order chi connectivity index (χ1) is 13.5. The first-order valence-electron chi connectivity index (χ1n) is 10.2. The van der Waals surface area contributed by atoms with Crippen LogP contribution in [0.5, 0.6) is 0 Å². The highest BCUT2D eigenvalue weighted by molar-refractivity contribution is 5.78. The molecule has 28 heavy (non-hydrogen) atoms. The molecule has 9 nitrogen and oxygen atoms in total. The number of nitrogens with one attached hydrogen (secondary N) is 1. The number of rotatable bonds is 7. The summed E-state index contributed by atoms with van der Waals surface area (Å²) >= 11 is 0. The average Bonchev–Trinajstić information content (AvgIpc) is 3.18. The van der Waals surface area contributed by atoms with E-state index < -0.39 is 0 Å². The highest BCUT2D eigenvalue weighted by Crippen LogP contribution is 2.17. The Balaban J connectivity index is 1.37. The average molecular weight is 393 g/mol. The van der Waals surface area contributed by atoms with E-state index in [9.17, 15) is 9.59 Å². The molecule has 2 fully saturated rings. The third kappa shape index (κ3) is 6.27. The number of nitrogens with zero attached hydrogens (tertiary/aromatic N) is 5. The van der Waals surface area contributed by atoms with Crippen molar-refractivity contribution >= 4 is 11.8 Å². The molecule has 0 radical (unpaired) electrons. The fourth-order valence-corrected chi connectivity index (χ4v) is 4.05. The van der Waals surface area contributed by atoms with Crippen LogP contribution < -0.4 is 5.32 Å². The van der Waals surface area contributed by atoms with E-state index in [0.717, 1.165) is 25.9 Å². The molecule has 2 aliphatic heterocycles. The monoisotopic (exact) mass is 392 g/mol. The Kier molecular flexibility index (Phi) is 7.38. The molecule has 3 heterocycles. The molecule has 0 saturated carbocycles. The molecule has 0 aromatic carbocycles. The number of aromatic nitrogens is 3. The summed E-state index contributed by atoms with van der Waals surface area (Å²) in [5.74, 6) is 0.613. The number of hydrogen-bond donors (Lipinski definition) is 1. The molecule has 1 aromatic heterocycles. The second kappa shape index (κ2) is 9.97. The second-order valence-corrected chi connectivity index (χ2v) is 8.05. The minimum absolute atomic E-state index is 0.0400. The highest BCUT2D eigenvalue weighted by Gasteiger charge is 2.28. The number of ether oxygens (including phenoxy) is 1. The lowest BCUT2D eigenvalue weighted by molar-refractivity contribution is -0.144. The SMILES string of the molecule is C[C@@H]1CN(C(=O)CN2CCCC(CNC(=O)CCn3cnnc3)C2)C[C@H](C)O1. The Morgan fingerprint density at radius 2 is 1.86 bits per heavy atom. The number of piperidine rings is 1. The summed E-state index contributed by atoms with van der Waals surface area (Å²) in [6.45, 7) is 8.87. The second-order valence-electron chi connectivity index (χ2n) is 8.05. The van der Waals surface area contributed by atoms with Gasteiger partial charge in [0.2, 0.25) is 11.8 Å².